The Balaban J connectivity index is 1.40. The maximum absolute atomic E-state index is 12.5. The highest BCUT2D eigenvalue weighted by Gasteiger charge is 2.19. The van der Waals surface area contributed by atoms with E-state index >= 15 is 0 Å². The summed E-state index contributed by atoms with van der Waals surface area (Å²) in [5, 5.41) is 0. The second-order valence-electron chi connectivity index (χ2n) is 14.3. The third-order valence-corrected chi connectivity index (χ3v) is 10.6. The monoisotopic (exact) mass is 812 g/mol. The summed E-state index contributed by atoms with van der Waals surface area (Å²) in [6.45, 7) is 0. The number of nitrogens with one attached hydrogen (secondary N) is 2. The van der Waals surface area contributed by atoms with Gasteiger partial charge in [0.1, 0.15) is 0 Å². The number of ether oxygens (including phenoxy) is 3. The smallest absolute Gasteiger partial charge is 0.337 e. The lowest BCUT2D eigenvalue weighted by Crippen LogP contribution is -2.00. The van der Waals surface area contributed by atoms with Crippen LogP contribution in [-0.4, -0.2) is 59.2 Å². The van der Waals surface area contributed by atoms with Crippen LogP contribution in [0, 0.1) is 11.8 Å². The number of carbonyl (C=O) groups is 3. The Morgan fingerprint density at radius 2 is 0.774 bits per heavy atom. The van der Waals surface area contributed by atoms with Crippen LogP contribution >= 0.6 is 0 Å². The zero-order valence-corrected chi connectivity index (χ0v) is 33.8. The number of aromatic nitrogens is 4. The minimum Gasteiger partial charge on any atom is -0.465 e. The van der Waals surface area contributed by atoms with E-state index in [2.05, 4.69) is 21.8 Å². The molecule has 300 valence electrons. The zero-order chi connectivity index (χ0) is 42.7. The van der Waals surface area contributed by atoms with E-state index in [1.807, 2.05) is 115 Å². The van der Waals surface area contributed by atoms with Crippen LogP contribution in [0.1, 0.15) is 65.0 Å². The first-order chi connectivity index (χ1) is 30.3. The second kappa shape index (κ2) is 16.6. The number of hydrogen-bond acceptors (Lipinski definition) is 8. The lowest BCUT2D eigenvalue weighted by Gasteiger charge is -2.07. The van der Waals surface area contributed by atoms with Crippen LogP contribution in [0.4, 0.5) is 0 Å². The van der Waals surface area contributed by atoms with Gasteiger partial charge in [0.05, 0.1) is 71.9 Å². The lowest BCUT2D eigenvalue weighted by atomic mass is 10.0. The lowest BCUT2D eigenvalue weighted by molar-refractivity contribution is 0.0592. The number of aromatic amines is 2. The number of hydrogen-bond donors (Lipinski definition) is 2. The fourth-order valence-electron chi connectivity index (χ4n) is 7.58. The predicted octanol–water partition coefficient (Wildman–Crippen LogP) is 10.4. The van der Waals surface area contributed by atoms with E-state index in [0.717, 1.165) is 61.0 Å². The van der Waals surface area contributed by atoms with Gasteiger partial charge in [0.2, 0.25) is 0 Å². The Kier molecular flexibility index (Phi) is 10.4. The molecule has 62 heavy (non-hydrogen) atoms. The number of benzene rings is 4. The Labute approximate surface area is 356 Å². The summed E-state index contributed by atoms with van der Waals surface area (Å²) in [6, 6.07) is 39.4. The topological polar surface area (TPSA) is 136 Å². The van der Waals surface area contributed by atoms with Crippen LogP contribution < -0.4 is 0 Å². The van der Waals surface area contributed by atoms with Gasteiger partial charge in [0.15, 0.2) is 0 Å². The molecule has 4 aromatic carbocycles. The summed E-state index contributed by atoms with van der Waals surface area (Å²) in [5.41, 5.74) is 13.2. The van der Waals surface area contributed by atoms with E-state index in [1.54, 1.807) is 36.4 Å². The molecule has 9 rings (SSSR count). The number of esters is 3. The van der Waals surface area contributed by atoms with Crippen molar-refractivity contribution in [3.8, 4) is 45.2 Å². The van der Waals surface area contributed by atoms with Crippen molar-refractivity contribution in [3.05, 3.63) is 178 Å². The quantitative estimate of drug-likeness (QED) is 0.0962. The highest BCUT2D eigenvalue weighted by molar-refractivity contribution is 6.00. The van der Waals surface area contributed by atoms with E-state index in [9.17, 15) is 14.4 Å². The first-order valence-corrected chi connectivity index (χ1v) is 19.6. The van der Waals surface area contributed by atoms with Gasteiger partial charge in [-0.2, -0.15) is 0 Å². The SMILES string of the molecule is COC(=O)c1ccc(-c2c3nc(c(-c4ccc(C(=O)OC)cc4)c4ccc([nH]4)c(-c4ccc(C(=O)OC)cc4)c4nc(c(C#Cc5ccccc5)c5ccc2[nH]5)C=C4)C=C3)cc1. The van der Waals surface area contributed by atoms with E-state index in [0.29, 0.717) is 45.0 Å². The van der Waals surface area contributed by atoms with E-state index in [4.69, 9.17) is 24.2 Å². The molecule has 7 aromatic rings. The van der Waals surface area contributed by atoms with Crippen LogP contribution in [0.15, 0.2) is 127 Å². The summed E-state index contributed by atoms with van der Waals surface area (Å²) in [4.78, 5) is 55.2. The molecule has 2 N–H and O–H groups in total. The van der Waals surface area contributed by atoms with Gasteiger partial charge in [-0.3, -0.25) is 0 Å². The number of fused-ring (bicyclic) bond motifs is 8. The molecule has 0 atom stereocenters. The van der Waals surface area contributed by atoms with Crippen molar-refractivity contribution in [2.24, 2.45) is 0 Å². The first-order valence-electron chi connectivity index (χ1n) is 19.6. The predicted molar refractivity (Wildman–Crippen MR) is 242 cm³/mol. The van der Waals surface area contributed by atoms with Gasteiger partial charge >= 0.3 is 17.9 Å². The number of nitrogens with zero attached hydrogens (tertiary/aromatic N) is 2. The number of H-pyrrole nitrogens is 2. The molecule has 3 aromatic heterocycles. The summed E-state index contributed by atoms with van der Waals surface area (Å²) in [7, 11) is 4.06. The third-order valence-electron chi connectivity index (χ3n) is 10.6. The van der Waals surface area contributed by atoms with Crippen LogP contribution in [0.2, 0.25) is 0 Å². The molecule has 0 amide bonds. The molecule has 0 unspecified atom stereocenters. The Bertz CT molecular complexity index is 3160. The second-order valence-corrected chi connectivity index (χ2v) is 14.3. The Morgan fingerprint density at radius 3 is 1.18 bits per heavy atom. The molecule has 8 bridgehead atoms. The number of carbonyl (C=O) groups excluding carboxylic acids is 3. The molecule has 2 aliphatic heterocycles. The molecular formula is C52H36N4O6. The van der Waals surface area contributed by atoms with E-state index in [-0.39, 0.29) is 0 Å². The normalized spacial score (nSPS) is 11.4. The van der Waals surface area contributed by atoms with Gasteiger partial charge in [0, 0.05) is 38.8 Å². The molecule has 0 saturated heterocycles. The van der Waals surface area contributed by atoms with Crippen molar-refractivity contribution in [1.82, 2.24) is 19.9 Å². The molecule has 2 aliphatic rings. The van der Waals surface area contributed by atoms with Crippen molar-refractivity contribution in [2.75, 3.05) is 21.3 Å². The Morgan fingerprint density at radius 1 is 0.419 bits per heavy atom. The van der Waals surface area contributed by atoms with Gasteiger partial charge in [0.25, 0.3) is 0 Å². The largest absolute Gasteiger partial charge is 0.465 e. The summed E-state index contributed by atoms with van der Waals surface area (Å²) < 4.78 is 15.0. The van der Waals surface area contributed by atoms with Crippen molar-refractivity contribution >= 4 is 64.3 Å². The summed E-state index contributed by atoms with van der Waals surface area (Å²) in [6.07, 6.45) is 7.85. The maximum Gasteiger partial charge on any atom is 0.337 e. The van der Waals surface area contributed by atoms with Crippen LogP contribution in [0.25, 0.3) is 79.8 Å². The molecule has 0 radical (unpaired) electrons. The van der Waals surface area contributed by atoms with Crippen LogP contribution in [0.3, 0.4) is 0 Å². The van der Waals surface area contributed by atoms with Crippen molar-refractivity contribution < 1.29 is 28.6 Å². The van der Waals surface area contributed by atoms with Crippen molar-refractivity contribution in [3.63, 3.8) is 0 Å². The summed E-state index contributed by atoms with van der Waals surface area (Å²) >= 11 is 0. The minimum absolute atomic E-state index is 0.413. The highest BCUT2D eigenvalue weighted by Crippen LogP contribution is 2.37. The minimum atomic E-state index is -0.441. The van der Waals surface area contributed by atoms with Gasteiger partial charge in [-0.1, -0.05) is 66.4 Å². The fourth-order valence-corrected chi connectivity index (χ4v) is 7.58. The zero-order valence-electron chi connectivity index (χ0n) is 33.8. The standard InChI is InChI=1S/C52H36N4O6/c1-60-50(57)35-16-10-32(11-17-35)47-41-25-23-39(53-41)38(22-9-31-7-5-4-6-8-31)40-24-26-42(54-40)48(33-12-18-36(19-13-33)51(58)61-2)44-28-30-46(56-44)49(45-29-27-43(47)55-45)34-14-20-37(21-15-34)52(59)62-3/h4-8,10-21,23-30,53,56H,1-3H3. The summed E-state index contributed by atoms with van der Waals surface area (Å²) in [5.74, 6) is 5.45. The molecule has 0 spiro atoms. The number of methoxy groups -OCH3 is 3. The van der Waals surface area contributed by atoms with Crippen LogP contribution in [-0.2, 0) is 14.2 Å². The van der Waals surface area contributed by atoms with Crippen LogP contribution in [0.5, 0.6) is 0 Å². The van der Waals surface area contributed by atoms with Gasteiger partial charge in [-0.05, 0) is 114 Å². The molecular weight excluding hydrogens is 777 g/mol. The van der Waals surface area contributed by atoms with E-state index in [1.165, 1.54) is 21.3 Å². The van der Waals surface area contributed by atoms with Gasteiger partial charge in [-0.15, -0.1) is 0 Å². The molecule has 0 fully saturated rings. The Hall–Kier alpha value is -8.55. The molecule has 0 saturated carbocycles. The molecule has 10 nitrogen and oxygen atoms in total. The van der Waals surface area contributed by atoms with Crippen molar-refractivity contribution in [1.29, 1.82) is 0 Å². The highest BCUT2D eigenvalue weighted by atomic mass is 16.5. The molecule has 5 heterocycles. The fraction of sp³-hybridized carbons (Fsp3) is 0.0577. The maximum atomic E-state index is 12.5. The third kappa shape index (κ3) is 7.46. The van der Waals surface area contributed by atoms with Crippen molar-refractivity contribution in [2.45, 2.75) is 0 Å². The average Bonchev–Trinajstić information content (AvgIpc) is 4.17. The van der Waals surface area contributed by atoms with E-state index < -0.39 is 17.9 Å². The molecule has 10 heteroatoms. The first kappa shape index (κ1) is 38.9. The molecule has 0 aliphatic carbocycles. The number of rotatable bonds is 6. The van der Waals surface area contributed by atoms with Gasteiger partial charge in [-0.25, -0.2) is 24.4 Å². The van der Waals surface area contributed by atoms with Gasteiger partial charge < -0.3 is 24.2 Å². The average molecular weight is 813 g/mol.